The molecule has 0 amide bonds. The van der Waals surface area contributed by atoms with Gasteiger partial charge >= 0.3 is 5.97 Å². The minimum absolute atomic E-state index is 0.0296. The normalized spacial score (nSPS) is 10.5. The zero-order chi connectivity index (χ0) is 14.0. The van der Waals surface area contributed by atoms with Gasteiger partial charge in [0.15, 0.2) is 26.0 Å². The molecule has 0 saturated heterocycles. The number of carbonyl (C=O) groups is 1. The molecule has 0 bridgehead atoms. The van der Waals surface area contributed by atoms with Crippen molar-refractivity contribution in [1.82, 2.24) is 4.98 Å². The first-order valence-electron chi connectivity index (χ1n) is 4.89. The van der Waals surface area contributed by atoms with Crippen LogP contribution in [0.1, 0.15) is 9.67 Å². The Bertz CT molecular complexity index is 633. The van der Waals surface area contributed by atoms with Gasteiger partial charge in [0.1, 0.15) is 0 Å². The lowest BCUT2D eigenvalue weighted by molar-refractivity contribution is 0.0606. The van der Waals surface area contributed by atoms with Crippen molar-refractivity contribution in [3.05, 3.63) is 39.9 Å². The SMILES string of the molecule is COC(=O)c1sc(Sc2ccc(F)c(F)c2)nc1Cl. The van der Waals surface area contributed by atoms with Gasteiger partial charge in [-0.3, -0.25) is 0 Å². The third-order valence-electron chi connectivity index (χ3n) is 2.03. The summed E-state index contributed by atoms with van der Waals surface area (Å²) in [6.45, 7) is 0. The van der Waals surface area contributed by atoms with Gasteiger partial charge in [0.25, 0.3) is 0 Å². The van der Waals surface area contributed by atoms with E-state index in [1.807, 2.05) is 0 Å². The van der Waals surface area contributed by atoms with Gasteiger partial charge in [0.2, 0.25) is 0 Å². The summed E-state index contributed by atoms with van der Waals surface area (Å²) in [6.07, 6.45) is 0. The topological polar surface area (TPSA) is 39.2 Å². The molecule has 19 heavy (non-hydrogen) atoms. The van der Waals surface area contributed by atoms with Crippen LogP contribution in [0.25, 0.3) is 0 Å². The van der Waals surface area contributed by atoms with Crippen LogP contribution in [0.15, 0.2) is 27.4 Å². The number of esters is 1. The number of methoxy groups -OCH3 is 1. The van der Waals surface area contributed by atoms with E-state index in [2.05, 4.69) is 9.72 Å². The number of nitrogens with zero attached hydrogens (tertiary/aromatic N) is 1. The fraction of sp³-hybridized carbons (Fsp3) is 0.0909. The smallest absolute Gasteiger partial charge is 0.351 e. The molecule has 0 fully saturated rings. The van der Waals surface area contributed by atoms with Crippen molar-refractivity contribution >= 4 is 40.7 Å². The minimum Gasteiger partial charge on any atom is -0.465 e. The molecule has 2 rings (SSSR count). The standard InChI is InChI=1S/C11H6ClF2NO2S2/c1-17-10(16)8-9(12)15-11(19-8)18-5-2-3-6(13)7(14)4-5/h2-4H,1H3. The Morgan fingerprint density at radius 2 is 2.16 bits per heavy atom. The Labute approximate surface area is 120 Å². The predicted molar refractivity (Wildman–Crippen MR) is 68.9 cm³/mol. The van der Waals surface area contributed by atoms with Crippen molar-refractivity contribution in [2.75, 3.05) is 7.11 Å². The van der Waals surface area contributed by atoms with Gasteiger partial charge in [-0.15, -0.1) is 0 Å². The lowest BCUT2D eigenvalue weighted by Crippen LogP contribution is -1.98. The van der Waals surface area contributed by atoms with Gasteiger partial charge in [-0.05, 0) is 18.2 Å². The number of benzene rings is 1. The molecule has 0 aliphatic heterocycles. The molecule has 0 spiro atoms. The summed E-state index contributed by atoms with van der Waals surface area (Å²) in [6, 6.07) is 3.48. The van der Waals surface area contributed by atoms with Gasteiger partial charge in [0, 0.05) is 4.90 Å². The maximum atomic E-state index is 13.0. The van der Waals surface area contributed by atoms with E-state index in [0.29, 0.717) is 9.24 Å². The van der Waals surface area contributed by atoms with E-state index in [4.69, 9.17) is 11.6 Å². The van der Waals surface area contributed by atoms with Gasteiger partial charge in [-0.1, -0.05) is 34.7 Å². The van der Waals surface area contributed by atoms with Crippen LogP contribution >= 0.6 is 34.7 Å². The van der Waals surface area contributed by atoms with Crippen LogP contribution in [-0.4, -0.2) is 18.1 Å². The van der Waals surface area contributed by atoms with Crippen LogP contribution in [0.2, 0.25) is 5.15 Å². The zero-order valence-corrected chi connectivity index (χ0v) is 11.8. The Kier molecular flexibility index (Phi) is 4.38. The van der Waals surface area contributed by atoms with E-state index < -0.39 is 17.6 Å². The second kappa shape index (κ2) is 5.85. The van der Waals surface area contributed by atoms with E-state index >= 15 is 0 Å². The molecule has 0 N–H and O–H groups in total. The molecule has 0 saturated carbocycles. The van der Waals surface area contributed by atoms with E-state index in [1.54, 1.807) is 0 Å². The first-order chi connectivity index (χ1) is 9.01. The Hall–Kier alpha value is -1.18. The molecule has 3 nitrogen and oxygen atoms in total. The van der Waals surface area contributed by atoms with E-state index in [0.717, 1.165) is 35.2 Å². The van der Waals surface area contributed by atoms with Gasteiger partial charge in [0.05, 0.1) is 7.11 Å². The molecule has 100 valence electrons. The number of aromatic nitrogens is 1. The third-order valence-corrected chi connectivity index (χ3v) is 4.50. The average Bonchev–Trinajstić information content (AvgIpc) is 2.74. The third kappa shape index (κ3) is 3.23. The molecular weight excluding hydrogens is 316 g/mol. The number of thiazole rings is 1. The molecule has 0 atom stereocenters. The summed E-state index contributed by atoms with van der Waals surface area (Å²) >= 11 is 7.90. The highest BCUT2D eigenvalue weighted by molar-refractivity contribution is 8.01. The maximum Gasteiger partial charge on any atom is 0.351 e. The highest BCUT2D eigenvalue weighted by Gasteiger charge is 2.18. The van der Waals surface area contributed by atoms with Crippen LogP contribution in [0.3, 0.4) is 0 Å². The Morgan fingerprint density at radius 3 is 2.79 bits per heavy atom. The number of hydrogen-bond donors (Lipinski definition) is 0. The van der Waals surface area contributed by atoms with Gasteiger partial charge < -0.3 is 4.74 Å². The molecule has 1 aromatic heterocycles. The molecule has 0 aliphatic rings. The van der Waals surface area contributed by atoms with Crippen LogP contribution in [-0.2, 0) is 4.74 Å². The molecule has 1 heterocycles. The fourth-order valence-corrected chi connectivity index (χ4v) is 3.51. The van der Waals surface area contributed by atoms with Crippen molar-refractivity contribution in [2.45, 2.75) is 9.24 Å². The fourth-order valence-electron chi connectivity index (χ4n) is 1.19. The average molecular weight is 322 g/mol. The van der Waals surface area contributed by atoms with E-state index in [-0.39, 0.29) is 10.0 Å². The van der Waals surface area contributed by atoms with Crippen LogP contribution in [0.5, 0.6) is 0 Å². The van der Waals surface area contributed by atoms with Gasteiger partial charge in [-0.25, -0.2) is 18.6 Å². The number of hydrogen-bond acceptors (Lipinski definition) is 5. The molecular formula is C11H6ClF2NO2S2. The van der Waals surface area contributed by atoms with Crippen molar-refractivity contribution in [3.8, 4) is 0 Å². The van der Waals surface area contributed by atoms with Crippen molar-refractivity contribution in [1.29, 1.82) is 0 Å². The lowest BCUT2D eigenvalue weighted by Gasteiger charge is -1.98. The van der Waals surface area contributed by atoms with Crippen molar-refractivity contribution in [3.63, 3.8) is 0 Å². The zero-order valence-electron chi connectivity index (χ0n) is 9.45. The quantitative estimate of drug-likeness (QED) is 0.801. The highest BCUT2D eigenvalue weighted by atomic mass is 35.5. The maximum absolute atomic E-state index is 13.0. The highest BCUT2D eigenvalue weighted by Crippen LogP contribution is 2.35. The summed E-state index contributed by atoms with van der Waals surface area (Å²) in [4.78, 5) is 15.9. The number of carbonyl (C=O) groups excluding carboxylic acids is 1. The molecule has 1 aromatic carbocycles. The van der Waals surface area contributed by atoms with Crippen molar-refractivity contribution in [2.24, 2.45) is 0 Å². The van der Waals surface area contributed by atoms with Crippen molar-refractivity contribution < 1.29 is 18.3 Å². The Balaban J connectivity index is 2.24. The van der Waals surface area contributed by atoms with Gasteiger partial charge in [-0.2, -0.15) is 0 Å². The number of ether oxygens (including phenoxy) is 1. The molecule has 0 aliphatic carbocycles. The first-order valence-corrected chi connectivity index (χ1v) is 6.90. The van der Waals surface area contributed by atoms with E-state index in [9.17, 15) is 13.6 Å². The Morgan fingerprint density at radius 1 is 1.42 bits per heavy atom. The summed E-state index contributed by atoms with van der Waals surface area (Å²) in [5.41, 5.74) is 0. The second-order valence-corrected chi connectivity index (χ2v) is 5.95. The minimum atomic E-state index is -0.944. The van der Waals surface area contributed by atoms with Crippen LogP contribution < -0.4 is 0 Å². The number of rotatable bonds is 3. The number of halogens is 3. The summed E-state index contributed by atoms with van der Waals surface area (Å²) in [7, 11) is 1.24. The monoisotopic (exact) mass is 321 g/mol. The molecule has 0 unspecified atom stereocenters. The molecule has 2 aromatic rings. The summed E-state index contributed by atoms with van der Waals surface area (Å²) in [5.74, 6) is -2.45. The van der Waals surface area contributed by atoms with E-state index in [1.165, 1.54) is 13.2 Å². The lowest BCUT2D eigenvalue weighted by atomic mass is 10.3. The largest absolute Gasteiger partial charge is 0.465 e. The molecule has 8 heteroatoms. The predicted octanol–water partition coefficient (Wildman–Crippen LogP) is 4.01. The first kappa shape index (κ1) is 14.2. The summed E-state index contributed by atoms with van der Waals surface area (Å²) < 4.78 is 30.8. The second-order valence-electron chi connectivity index (χ2n) is 3.27. The van der Waals surface area contributed by atoms with Crippen LogP contribution in [0, 0.1) is 11.6 Å². The summed E-state index contributed by atoms with van der Waals surface area (Å²) in [5, 5.41) is 0.0296. The van der Waals surface area contributed by atoms with Crippen LogP contribution in [0.4, 0.5) is 8.78 Å². The molecule has 0 radical (unpaired) electrons.